The number of aromatic amines is 2. The van der Waals surface area contributed by atoms with Crippen molar-refractivity contribution in [2.75, 3.05) is 21.3 Å². The van der Waals surface area contributed by atoms with Gasteiger partial charge in [0.05, 0.1) is 0 Å². The zero-order valence-corrected chi connectivity index (χ0v) is 27.1. The summed E-state index contributed by atoms with van der Waals surface area (Å²) < 4.78 is 67.9. The van der Waals surface area contributed by atoms with E-state index >= 15 is 0 Å². The molecule has 50 heavy (non-hydrogen) atoms. The Kier molecular flexibility index (Phi) is 14.7. The average Bonchev–Trinajstić information content (AvgIpc) is 3.05. The maximum Gasteiger partial charge on any atom is 0.323 e. The van der Waals surface area contributed by atoms with Crippen molar-refractivity contribution in [2.24, 2.45) is 0 Å². The molecule has 0 radical (unpaired) electrons. The van der Waals surface area contributed by atoms with Crippen LogP contribution in [0.1, 0.15) is 0 Å². The normalized spacial score (nSPS) is 10.6. The Morgan fingerprint density at radius 1 is 0.420 bits per heavy atom. The fraction of sp³-hybridized carbons (Fsp3) is 0. The molecule has 4 amide bonds. The van der Waals surface area contributed by atoms with Crippen molar-refractivity contribution in [1.82, 2.24) is 0 Å². The van der Waals surface area contributed by atoms with E-state index in [2.05, 4.69) is 31.2 Å². The minimum atomic E-state index is -4.94. The second-order valence-corrected chi connectivity index (χ2v) is 11.0. The summed E-state index contributed by atoms with van der Waals surface area (Å²) in [7, 11) is -9.89. The van der Waals surface area contributed by atoms with Gasteiger partial charge in [-0.15, -0.1) is 20.5 Å². The van der Waals surface area contributed by atoms with Gasteiger partial charge in [-0.05, 0) is 60.7 Å². The number of pyridine rings is 2. The Bertz CT molecular complexity index is 1800. The molecule has 18 heteroatoms. The van der Waals surface area contributed by atoms with Gasteiger partial charge in [0.25, 0.3) is 0 Å². The van der Waals surface area contributed by atoms with E-state index in [4.69, 9.17) is 37.3 Å². The lowest BCUT2D eigenvalue weighted by atomic mass is 10.2. The van der Waals surface area contributed by atoms with Crippen LogP contribution in [-0.2, 0) is 0 Å². The number of nitrogens with one attached hydrogen (secondary N) is 6. The highest BCUT2D eigenvalue weighted by atomic mass is 35.7. The molecule has 0 aliphatic rings. The monoisotopic (exact) mass is 726 g/mol. The molecule has 0 aliphatic carbocycles. The number of amides is 4. The molecule has 6 rings (SSSR count). The summed E-state index contributed by atoms with van der Waals surface area (Å²) in [6.45, 7) is 0. The van der Waals surface area contributed by atoms with Crippen LogP contribution in [0.15, 0.2) is 134 Å². The lowest BCUT2D eigenvalue weighted by molar-refractivity contribution is -2.00. The van der Waals surface area contributed by atoms with E-state index in [0.29, 0.717) is 0 Å². The van der Waals surface area contributed by atoms with Crippen LogP contribution in [0.2, 0.25) is 0 Å². The molecule has 16 nitrogen and oxygen atoms in total. The quantitative estimate of drug-likeness (QED) is 0.143. The van der Waals surface area contributed by atoms with Gasteiger partial charge in [-0.2, -0.15) is 0 Å². The summed E-state index contributed by atoms with van der Waals surface area (Å²) in [6.07, 6.45) is 3.67. The molecule has 2 heterocycles. The van der Waals surface area contributed by atoms with E-state index in [1.54, 1.807) is 0 Å². The number of rotatable bonds is 4. The van der Waals surface area contributed by atoms with Crippen molar-refractivity contribution in [2.45, 2.75) is 0 Å². The van der Waals surface area contributed by atoms with Crippen LogP contribution >= 0.6 is 0 Å². The van der Waals surface area contributed by atoms with Crippen LogP contribution in [0.25, 0.3) is 21.8 Å². The van der Waals surface area contributed by atoms with Crippen LogP contribution < -0.4 is 68.5 Å². The highest BCUT2D eigenvalue weighted by Gasteiger charge is 2.11. The van der Waals surface area contributed by atoms with Gasteiger partial charge < -0.3 is 21.3 Å². The van der Waals surface area contributed by atoms with E-state index in [0.717, 1.165) is 44.6 Å². The van der Waals surface area contributed by atoms with Gasteiger partial charge >= 0.3 is 12.1 Å². The third-order valence-electron chi connectivity index (χ3n) is 5.95. The minimum Gasteiger partial charge on any atom is -0.308 e. The molecular weight excluding hydrogens is 699 g/mol. The number of H-pyrrole nitrogens is 2. The third kappa shape index (κ3) is 15.6. The first-order valence-electron chi connectivity index (χ1n) is 13.9. The molecule has 6 aromatic rings. The van der Waals surface area contributed by atoms with E-state index in [-0.39, 0.29) is 12.1 Å². The number of hydrogen-bond donors (Lipinski definition) is 4. The Morgan fingerprint density at radius 2 is 0.740 bits per heavy atom. The summed E-state index contributed by atoms with van der Waals surface area (Å²) in [5.74, 6) is 0. The number of para-hydroxylation sites is 4. The first-order chi connectivity index (χ1) is 23.7. The molecular formula is C32H28Cl2N6O10. The number of carbonyl (C=O) groups excluding carboxylic acids is 2. The zero-order valence-electron chi connectivity index (χ0n) is 25.5. The highest BCUT2D eigenvalue weighted by molar-refractivity contribution is 6.05. The number of halogens is 2. The molecule has 0 atom stereocenters. The number of hydrogen-bond acceptors (Lipinski definition) is 10. The fourth-order valence-corrected chi connectivity index (χ4v) is 4.13. The van der Waals surface area contributed by atoms with Crippen LogP contribution in [0.3, 0.4) is 0 Å². The van der Waals surface area contributed by atoms with Crippen LogP contribution in [0, 0.1) is 20.5 Å². The van der Waals surface area contributed by atoms with E-state index in [9.17, 15) is 9.59 Å². The third-order valence-corrected chi connectivity index (χ3v) is 5.95. The number of urea groups is 2. The lowest BCUT2D eigenvalue weighted by Crippen LogP contribution is -2.68. The molecule has 0 fully saturated rings. The zero-order chi connectivity index (χ0) is 36.6. The summed E-state index contributed by atoms with van der Waals surface area (Å²) in [6, 6.07) is 37.5. The molecule has 0 bridgehead atoms. The second kappa shape index (κ2) is 18.9. The molecule has 0 saturated carbocycles. The summed E-state index contributed by atoms with van der Waals surface area (Å²) in [4.78, 5) is 30.3. The van der Waals surface area contributed by atoms with E-state index in [1.165, 1.54) is 0 Å². The Balaban J connectivity index is 0.000000214. The van der Waals surface area contributed by atoms with Crippen molar-refractivity contribution >= 4 is 56.6 Å². The van der Waals surface area contributed by atoms with Crippen LogP contribution in [-0.4, -0.2) is 12.1 Å². The molecule has 2 aromatic heterocycles. The predicted molar refractivity (Wildman–Crippen MR) is 159 cm³/mol. The Morgan fingerprint density at radius 3 is 1.08 bits per heavy atom. The van der Waals surface area contributed by atoms with Gasteiger partial charge in [0.1, 0.15) is 11.4 Å². The second-order valence-electron chi connectivity index (χ2n) is 9.53. The first kappa shape index (κ1) is 38.9. The Labute approximate surface area is 288 Å². The summed E-state index contributed by atoms with van der Waals surface area (Å²) >= 11 is 0. The van der Waals surface area contributed by atoms with Gasteiger partial charge in [-0.3, -0.25) is 0 Å². The molecule has 0 aliphatic heterocycles. The van der Waals surface area contributed by atoms with Crippen molar-refractivity contribution in [3.63, 3.8) is 0 Å². The molecule has 6 N–H and O–H groups in total. The van der Waals surface area contributed by atoms with Crippen molar-refractivity contribution in [1.29, 1.82) is 0 Å². The topological polar surface area (TPSA) is 295 Å². The van der Waals surface area contributed by atoms with Gasteiger partial charge in [0.15, 0.2) is 12.4 Å². The van der Waals surface area contributed by atoms with E-state index in [1.807, 2.05) is 134 Å². The van der Waals surface area contributed by atoms with Gasteiger partial charge in [0.2, 0.25) is 11.0 Å². The largest absolute Gasteiger partial charge is 0.323 e. The SMILES string of the molecule is O=C(Nc1ccccc1)Nc1cccc2ccc[nH+]c12.O=C(Nc1ccccc1)Nc1cccc2ccc[nH+]c12.[O-][Cl+3]([O-])([O-])[O-].[O-][Cl+3]([O-])([O-])[O-]. The number of benzene rings is 4. The average molecular weight is 728 g/mol. The highest BCUT2D eigenvalue weighted by Crippen LogP contribution is 2.20. The number of anilines is 4. The molecule has 0 unspecified atom stereocenters. The van der Waals surface area contributed by atoms with Crippen LogP contribution in [0.4, 0.5) is 32.3 Å². The molecule has 4 aromatic carbocycles. The number of fused-ring (bicyclic) bond motifs is 2. The van der Waals surface area contributed by atoms with Gasteiger partial charge in [0, 0.05) is 34.3 Å². The first-order valence-corrected chi connectivity index (χ1v) is 16.4. The van der Waals surface area contributed by atoms with Crippen molar-refractivity contribution < 1.29 is 77.3 Å². The maximum atomic E-state index is 12.0. The number of carbonyl (C=O) groups is 2. The van der Waals surface area contributed by atoms with Crippen LogP contribution in [0.5, 0.6) is 0 Å². The van der Waals surface area contributed by atoms with Gasteiger partial charge in [-0.1, -0.05) is 48.5 Å². The number of aromatic nitrogens is 2. The van der Waals surface area contributed by atoms with Gasteiger partial charge in [-0.25, -0.2) is 56.8 Å². The minimum absolute atomic E-state index is 0.263. The standard InChI is InChI=1S/2C16H13N3O.2ClHO4/c2*20-16(18-13-8-2-1-3-9-13)19-14-10-4-6-12-7-5-11-17-15(12)14;2*2-1(3,4)5/h2*1-11H,(H2,18,19,20);2*(H,2,3,4,5). The van der Waals surface area contributed by atoms with Crippen molar-refractivity contribution in [3.8, 4) is 0 Å². The van der Waals surface area contributed by atoms with Crippen molar-refractivity contribution in [3.05, 3.63) is 134 Å². The summed E-state index contributed by atoms with van der Waals surface area (Å²) in [5, 5.41) is 13.4. The lowest BCUT2D eigenvalue weighted by Gasteiger charge is -2.17. The predicted octanol–water partition coefficient (Wildman–Crippen LogP) is -2.92. The summed E-state index contributed by atoms with van der Waals surface area (Å²) in [5.41, 5.74) is 4.81. The maximum absolute atomic E-state index is 12.0. The fourth-order valence-electron chi connectivity index (χ4n) is 4.13. The molecule has 0 saturated heterocycles. The van der Waals surface area contributed by atoms with E-state index < -0.39 is 20.5 Å². The molecule has 0 spiro atoms. The molecule has 260 valence electrons. The smallest absolute Gasteiger partial charge is 0.308 e. The Hall–Kier alpha value is -5.50.